The van der Waals surface area contributed by atoms with Gasteiger partial charge in [-0.05, 0) is 19.8 Å². The molecule has 3 atom stereocenters. The van der Waals surface area contributed by atoms with Gasteiger partial charge in [0.25, 0.3) is 0 Å². The molecule has 0 amide bonds. The Kier molecular flexibility index (Phi) is 4.36. The lowest BCUT2D eigenvalue weighted by Crippen LogP contribution is -2.50. The zero-order chi connectivity index (χ0) is 11.5. The molecule has 6 heteroatoms. The van der Waals surface area contributed by atoms with Crippen LogP contribution in [0.15, 0.2) is 0 Å². The molecule has 0 bridgehead atoms. The largest absolute Gasteiger partial charge is 0.411 e. The molecule has 0 aromatic rings. The number of hydrogen-bond acceptors (Lipinski definition) is 3. The van der Waals surface area contributed by atoms with E-state index in [4.69, 9.17) is 10.5 Å². The molecule has 0 radical (unpaired) electrons. The third-order valence-electron chi connectivity index (χ3n) is 2.52. The van der Waals surface area contributed by atoms with E-state index >= 15 is 0 Å². The number of hydrogen-bond donors (Lipinski definition) is 2. The average Bonchev–Trinajstić information content (AvgIpc) is 2.14. The summed E-state index contributed by atoms with van der Waals surface area (Å²) in [6.07, 6.45) is -3.19. The standard InChI is InChI=1S/C9H17F3N2O/c1-6(13)8-3-2-7(4-14-8)15-5-9(10,11)12/h6-8,14H,2-5,13H2,1H3. The average molecular weight is 226 g/mol. The van der Waals surface area contributed by atoms with Crippen molar-refractivity contribution in [2.24, 2.45) is 5.73 Å². The van der Waals surface area contributed by atoms with E-state index in [1.54, 1.807) is 0 Å². The summed E-state index contributed by atoms with van der Waals surface area (Å²) in [7, 11) is 0. The Morgan fingerprint density at radius 1 is 1.47 bits per heavy atom. The van der Waals surface area contributed by atoms with Crippen LogP contribution < -0.4 is 11.1 Å². The Balaban J connectivity index is 2.20. The van der Waals surface area contributed by atoms with Gasteiger partial charge >= 0.3 is 6.18 Å². The summed E-state index contributed by atoms with van der Waals surface area (Å²) in [4.78, 5) is 0. The van der Waals surface area contributed by atoms with Crippen molar-refractivity contribution in [1.29, 1.82) is 0 Å². The second-order valence-electron chi connectivity index (χ2n) is 4.00. The lowest BCUT2D eigenvalue weighted by Gasteiger charge is -2.32. The Morgan fingerprint density at radius 2 is 2.13 bits per heavy atom. The second-order valence-corrected chi connectivity index (χ2v) is 4.00. The van der Waals surface area contributed by atoms with Crippen LogP contribution >= 0.6 is 0 Å². The van der Waals surface area contributed by atoms with E-state index in [0.29, 0.717) is 13.0 Å². The van der Waals surface area contributed by atoms with Crippen molar-refractivity contribution < 1.29 is 17.9 Å². The van der Waals surface area contributed by atoms with E-state index < -0.39 is 12.8 Å². The number of nitrogens with one attached hydrogen (secondary N) is 1. The normalized spacial score (nSPS) is 30.2. The molecular formula is C9H17F3N2O. The summed E-state index contributed by atoms with van der Waals surface area (Å²) < 4.78 is 40.3. The Labute approximate surface area is 87.2 Å². The van der Waals surface area contributed by atoms with Gasteiger partial charge in [-0.2, -0.15) is 13.2 Å². The van der Waals surface area contributed by atoms with E-state index in [0.717, 1.165) is 6.42 Å². The zero-order valence-electron chi connectivity index (χ0n) is 8.68. The fourth-order valence-corrected chi connectivity index (χ4v) is 1.66. The topological polar surface area (TPSA) is 47.3 Å². The fourth-order valence-electron chi connectivity index (χ4n) is 1.66. The lowest BCUT2D eigenvalue weighted by atomic mass is 9.98. The van der Waals surface area contributed by atoms with E-state index in [-0.39, 0.29) is 18.2 Å². The predicted molar refractivity (Wildman–Crippen MR) is 50.5 cm³/mol. The van der Waals surface area contributed by atoms with Gasteiger partial charge in [0.2, 0.25) is 0 Å². The minimum absolute atomic E-state index is 0.0218. The van der Waals surface area contributed by atoms with Crippen molar-refractivity contribution in [3.05, 3.63) is 0 Å². The van der Waals surface area contributed by atoms with Crippen molar-refractivity contribution in [1.82, 2.24) is 5.32 Å². The maximum absolute atomic E-state index is 11.9. The first-order chi connectivity index (χ1) is 6.88. The molecule has 0 aromatic carbocycles. The lowest BCUT2D eigenvalue weighted by molar-refractivity contribution is -0.187. The molecule has 1 heterocycles. The molecule has 1 fully saturated rings. The monoisotopic (exact) mass is 226 g/mol. The molecule has 1 saturated heterocycles. The highest BCUT2D eigenvalue weighted by Crippen LogP contribution is 2.19. The molecule has 3 unspecified atom stereocenters. The highest BCUT2D eigenvalue weighted by atomic mass is 19.4. The smallest absolute Gasteiger partial charge is 0.367 e. The number of piperidine rings is 1. The minimum atomic E-state index is -4.24. The van der Waals surface area contributed by atoms with Gasteiger partial charge in [-0.25, -0.2) is 0 Å². The van der Waals surface area contributed by atoms with Gasteiger partial charge < -0.3 is 15.8 Å². The molecule has 90 valence electrons. The highest BCUT2D eigenvalue weighted by Gasteiger charge is 2.31. The van der Waals surface area contributed by atoms with Crippen LogP contribution in [0, 0.1) is 0 Å². The first-order valence-electron chi connectivity index (χ1n) is 5.06. The SMILES string of the molecule is CC(N)C1CCC(OCC(F)(F)F)CN1. The van der Waals surface area contributed by atoms with Crippen LogP contribution in [0.2, 0.25) is 0 Å². The number of ether oxygens (including phenoxy) is 1. The quantitative estimate of drug-likeness (QED) is 0.755. The van der Waals surface area contributed by atoms with Crippen molar-refractivity contribution in [3.8, 4) is 0 Å². The van der Waals surface area contributed by atoms with Gasteiger partial charge in [-0.3, -0.25) is 0 Å². The van der Waals surface area contributed by atoms with Gasteiger partial charge in [0.1, 0.15) is 6.61 Å². The Bertz CT molecular complexity index is 188. The fraction of sp³-hybridized carbons (Fsp3) is 1.00. The molecule has 15 heavy (non-hydrogen) atoms. The number of halogens is 3. The van der Waals surface area contributed by atoms with Crippen LogP contribution in [0.1, 0.15) is 19.8 Å². The number of alkyl halides is 3. The predicted octanol–water partition coefficient (Wildman–Crippen LogP) is 1.03. The third kappa shape index (κ3) is 4.81. The maximum atomic E-state index is 11.9. The van der Waals surface area contributed by atoms with E-state index in [2.05, 4.69) is 5.32 Å². The summed E-state index contributed by atoms with van der Waals surface area (Å²) in [5.74, 6) is 0. The third-order valence-corrected chi connectivity index (χ3v) is 2.52. The number of rotatable bonds is 3. The van der Waals surface area contributed by atoms with E-state index in [1.807, 2.05) is 6.92 Å². The van der Waals surface area contributed by atoms with Crippen LogP contribution in [0.5, 0.6) is 0 Å². The summed E-state index contributed by atoms with van der Waals surface area (Å²) in [6.45, 7) is 1.17. The Morgan fingerprint density at radius 3 is 2.53 bits per heavy atom. The van der Waals surface area contributed by atoms with Crippen LogP contribution in [0.3, 0.4) is 0 Å². The molecule has 0 aliphatic carbocycles. The zero-order valence-corrected chi connectivity index (χ0v) is 8.68. The van der Waals surface area contributed by atoms with Gasteiger partial charge in [-0.1, -0.05) is 0 Å². The molecular weight excluding hydrogens is 209 g/mol. The van der Waals surface area contributed by atoms with E-state index in [9.17, 15) is 13.2 Å². The van der Waals surface area contributed by atoms with Gasteiger partial charge in [0.05, 0.1) is 6.10 Å². The summed E-state index contributed by atoms with van der Waals surface area (Å²) in [5, 5.41) is 3.09. The maximum Gasteiger partial charge on any atom is 0.411 e. The molecule has 0 saturated carbocycles. The molecule has 0 spiro atoms. The van der Waals surface area contributed by atoms with Crippen molar-refractivity contribution in [2.75, 3.05) is 13.2 Å². The first-order valence-corrected chi connectivity index (χ1v) is 5.06. The molecule has 3 nitrogen and oxygen atoms in total. The first kappa shape index (κ1) is 12.7. The minimum Gasteiger partial charge on any atom is -0.367 e. The highest BCUT2D eigenvalue weighted by molar-refractivity contribution is 4.83. The van der Waals surface area contributed by atoms with Crippen molar-refractivity contribution in [3.63, 3.8) is 0 Å². The molecule has 1 aliphatic rings. The second kappa shape index (κ2) is 5.14. The Hall–Kier alpha value is -0.330. The van der Waals surface area contributed by atoms with Crippen LogP contribution in [0.4, 0.5) is 13.2 Å². The van der Waals surface area contributed by atoms with Gasteiger partial charge in [-0.15, -0.1) is 0 Å². The van der Waals surface area contributed by atoms with Gasteiger partial charge in [0, 0.05) is 18.6 Å². The molecule has 1 rings (SSSR count). The molecule has 3 N–H and O–H groups in total. The summed E-state index contributed by atoms with van der Waals surface area (Å²) in [5.41, 5.74) is 5.67. The molecule has 0 aromatic heterocycles. The van der Waals surface area contributed by atoms with Crippen molar-refractivity contribution in [2.45, 2.75) is 44.1 Å². The van der Waals surface area contributed by atoms with Crippen LogP contribution in [-0.4, -0.2) is 37.5 Å². The number of nitrogens with two attached hydrogens (primary N) is 1. The van der Waals surface area contributed by atoms with Crippen molar-refractivity contribution >= 4 is 0 Å². The summed E-state index contributed by atoms with van der Waals surface area (Å²) >= 11 is 0. The van der Waals surface area contributed by atoms with Crippen LogP contribution in [0.25, 0.3) is 0 Å². The summed E-state index contributed by atoms with van der Waals surface area (Å²) in [6, 6.07) is 0.212. The van der Waals surface area contributed by atoms with Gasteiger partial charge in [0.15, 0.2) is 0 Å². The molecule has 1 aliphatic heterocycles. The van der Waals surface area contributed by atoms with E-state index in [1.165, 1.54) is 0 Å². The van der Waals surface area contributed by atoms with Crippen LogP contribution in [-0.2, 0) is 4.74 Å².